The zero-order valence-electron chi connectivity index (χ0n) is 21.2. The maximum atomic E-state index is 13.2. The normalized spacial score (nSPS) is 21.8. The van der Waals surface area contributed by atoms with E-state index in [9.17, 15) is 14.4 Å². The van der Waals surface area contributed by atoms with Gasteiger partial charge < -0.3 is 34.6 Å². The minimum atomic E-state index is -0.354. The van der Waals surface area contributed by atoms with Gasteiger partial charge in [0.2, 0.25) is 5.91 Å². The van der Waals surface area contributed by atoms with Crippen LogP contribution in [0.5, 0.6) is 5.75 Å². The van der Waals surface area contributed by atoms with Gasteiger partial charge in [0.05, 0.1) is 17.7 Å². The number of fused-ring (bicyclic) bond motifs is 1. The molecule has 0 saturated heterocycles. The number of carbonyl (C=O) groups excluding carboxylic acids is 3. The molecule has 1 aliphatic rings. The third kappa shape index (κ3) is 7.33. The Balaban J connectivity index is 2.41. The van der Waals surface area contributed by atoms with Gasteiger partial charge in [-0.1, -0.05) is 6.92 Å². The molecule has 1 aromatic carbocycles. The Labute approximate surface area is 201 Å². The van der Waals surface area contributed by atoms with E-state index in [0.717, 1.165) is 0 Å². The van der Waals surface area contributed by atoms with Crippen molar-refractivity contribution in [3.05, 3.63) is 23.8 Å². The van der Waals surface area contributed by atoms with E-state index in [1.165, 1.54) is 7.11 Å². The number of hydrogen-bond donors (Lipinski definition) is 2. The van der Waals surface area contributed by atoms with Crippen molar-refractivity contribution < 1.29 is 28.6 Å². The number of urea groups is 1. The fraction of sp³-hybridized carbons (Fsp3) is 0.625. The van der Waals surface area contributed by atoms with Crippen LogP contribution in [0.3, 0.4) is 0 Å². The SMILES string of the molecule is COCC(=O)N1C[C@@H](C)[C@@H](OC)CN(C)C(=O)c2ccc(NC(=O)NC(C)C)cc2OC[C@H]1C. The van der Waals surface area contributed by atoms with E-state index in [1.54, 1.807) is 42.2 Å². The third-order valence-electron chi connectivity index (χ3n) is 5.71. The van der Waals surface area contributed by atoms with Gasteiger partial charge in [0.25, 0.3) is 5.91 Å². The van der Waals surface area contributed by atoms with E-state index in [0.29, 0.717) is 30.1 Å². The fourth-order valence-electron chi connectivity index (χ4n) is 3.83. The molecule has 0 saturated carbocycles. The summed E-state index contributed by atoms with van der Waals surface area (Å²) in [5, 5.41) is 5.52. The lowest BCUT2D eigenvalue weighted by atomic mass is 10.0. The van der Waals surface area contributed by atoms with Crippen LogP contribution in [0, 0.1) is 5.92 Å². The molecule has 0 spiro atoms. The highest BCUT2D eigenvalue weighted by molar-refractivity contribution is 5.98. The molecule has 10 nitrogen and oxygen atoms in total. The minimum absolute atomic E-state index is 0.0247. The molecule has 34 heavy (non-hydrogen) atoms. The summed E-state index contributed by atoms with van der Waals surface area (Å²) in [6, 6.07) is 4.25. The van der Waals surface area contributed by atoms with Crippen molar-refractivity contribution in [3.8, 4) is 5.75 Å². The first-order valence-corrected chi connectivity index (χ1v) is 11.5. The summed E-state index contributed by atoms with van der Waals surface area (Å²) < 4.78 is 16.8. The van der Waals surface area contributed by atoms with Gasteiger partial charge >= 0.3 is 6.03 Å². The first-order chi connectivity index (χ1) is 16.1. The number of nitrogens with one attached hydrogen (secondary N) is 2. The second-order valence-electron chi connectivity index (χ2n) is 9.04. The Kier molecular flexibility index (Phi) is 10.1. The molecule has 0 fully saturated rings. The van der Waals surface area contributed by atoms with Gasteiger partial charge in [0.1, 0.15) is 19.0 Å². The van der Waals surface area contributed by atoms with E-state index < -0.39 is 0 Å². The summed E-state index contributed by atoms with van der Waals surface area (Å²) in [6.07, 6.45) is -0.275. The highest BCUT2D eigenvalue weighted by Crippen LogP contribution is 2.27. The van der Waals surface area contributed by atoms with Crippen LogP contribution in [-0.4, -0.2) is 93.4 Å². The molecule has 1 aliphatic heterocycles. The number of carbonyl (C=O) groups is 3. The molecule has 4 amide bonds. The Morgan fingerprint density at radius 3 is 2.53 bits per heavy atom. The van der Waals surface area contributed by atoms with Crippen LogP contribution in [0.1, 0.15) is 38.1 Å². The number of amides is 4. The molecule has 0 radical (unpaired) electrons. The average Bonchev–Trinajstić information content (AvgIpc) is 2.77. The van der Waals surface area contributed by atoms with Gasteiger partial charge in [-0.15, -0.1) is 0 Å². The molecule has 0 aliphatic carbocycles. The van der Waals surface area contributed by atoms with E-state index in [-0.39, 0.29) is 55.2 Å². The number of hydrogen-bond acceptors (Lipinski definition) is 6. The molecule has 0 unspecified atom stereocenters. The van der Waals surface area contributed by atoms with Gasteiger partial charge in [-0.05, 0) is 32.9 Å². The van der Waals surface area contributed by atoms with Crippen molar-refractivity contribution in [1.29, 1.82) is 0 Å². The summed E-state index contributed by atoms with van der Waals surface area (Å²) in [4.78, 5) is 41.5. The van der Waals surface area contributed by atoms with Crippen molar-refractivity contribution in [2.24, 2.45) is 5.92 Å². The van der Waals surface area contributed by atoms with Gasteiger partial charge in [0.15, 0.2) is 0 Å². The maximum Gasteiger partial charge on any atom is 0.319 e. The van der Waals surface area contributed by atoms with Crippen molar-refractivity contribution in [3.63, 3.8) is 0 Å². The van der Waals surface area contributed by atoms with E-state index in [4.69, 9.17) is 14.2 Å². The highest BCUT2D eigenvalue weighted by atomic mass is 16.5. The Morgan fingerprint density at radius 1 is 1.21 bits per heavy atom. The van der Waals surface area contributed by atoms with E-state index in [1.807, 2.05) is 27.7 Å². The maximum absolute atomic E-state index is 13.2. The van der Waals surface area contributed by atoms with Crippen molar-refractivity contribution in [1.82, 2.24) is 15.1 Å². The zero-order valence-corrected chi connectivity index (χ0v) is 21.2. The lowest BCUT2D eigenvalue weighted by Crippen LogP contribution is -2.49. The van der Waals surface area contributed by atoms with E-state index >= 15 is 0 Å². The number of anilines is 1. The lowest BCUT2D eigenvalue weighted by molar-refractivity contribution is -0.139. The summed E-state index contributed by atoms with van der Waals surface area (Å²) in [6.45, 7) is 8.50. The first-order valence-electron chi connectivity index (χ1n) is 11.5. The molecule has 2 rings (SSSR count). The Bertz CT molecular complexity index is 862. The van der Waals surface area contributed by atoms with Crippen LogP contribution in [0.2, 0.25) is 0 Å². The fourth-order valence-corrected chi connectivity index (χ4v) is 3.83. The van der Waals surface area contributed by atoms with Gasteiger partial charge in [-0.25, -0.2) is 4.79 Å². The van der Waals surface area contributed by atoms with Gasteiger partial charge in [0, 0.05) is 58.1 Å². The van der Waals surface area contributed by atoms with Crippen molar-refractivity contribution in [2.75, 3.05) is 52.9 Å². The molecule has 0 bridgehead atoms. The van der Waals surface area contributed by atoms with Crippen LogP contribution in [0.25, 0.3) is 0 Å². The monoisotopic (exact) mass is 478 g/mol. The number of benzene rings is 1. The van der Waals surface area contributed by atoms with Crippen LogP contribution >= 0.6 is 0 Å². The lowest BCUT2D eigenvalue weighted by Gasteiger charge is -2.36. The van der Waals surface area contributed by atoms with Crippen LogP contribution < -0.4 is 15.4 Å². The highest BCUT2D eigenvalue weighted by Gasteiger charge is 2.30. The van der Waals surface area contributed by atoms with Gasteiger partial charge in [-0.3, -0.25) is 9.59 Å². The zero-order chi connectivity index (χ0) is 25.4. The number of nitrogens with zero attached hydrogens (tertiary/aromatic N) is 2. The molecule has 1 aromatic rings. The Hall–Kier alpha value is -2.85. The Morgan fingerprint density at radius 2 is 1.91 bits per heavy atom. The quantitative estimate of drug-likeness (QED) is 0.672. The second-order valence-corrected chi connectivity index (χ2v) is 9.04. The summed E-state index contributed by atoms with van der Waals surface area (Å²) in [7, 11) is 4.79. The topological polar surface area (TPSA) is 109 Å². The molecule has 1 heterocycles. The summed E-state index contributed by atoms with van der Waals surface area (Å²) >= 11 is 0. The predicted molar refractivity (Wildman–Crippen MR) is 129 cm³/mol. The molecule has 190 valence electrons. The molecule has 10 heteroatoms. The van der Waals surface area contributed by atoms with E-state index in [2.05, 4.69) is 10.6 Å². The van der Waals surface area contributed by atoms with Crippen LogP contribution in [0.4, 0.5) is 10.5 Å². The van der Waals surface area contributed by atoms with Crippen molar-refractivity contribution in [2.45, 2.75) is 45.9 Å². The average molecular weight is 479 g/mol. The third-order valence-corrected chi connectivity index (χ3v) is 5.71. The summed E-state index contributed by atoms with van der Waals surface area (Å²) in [5.41, 5.74) is 0.852. The molecule has 0 aromatic heterocycles. The second kappa shape index (κ2) is 12.6. The standard InChI is InChI=1S/C24H38N4O6/c1-15(2)25-24(31)26-18-8-9-19-20(10-18)34-13-17(4)28(22(29)14-32-6)11-16(3)21(33-7)12-27(5)23(19)30/h8-10,15-17,21H,11-14H2,1-7H3,(H2,25,26,31)/t16-,17-,21+/m1/s1. The van der Waals surface area contributed by atoms with Crippen LogP contribution in [0.15, 0.2) is 18.2 Å². The van der Waals surface area contributed by atoms with Crippen LogP contribution in [-0.2, 0) is 14.3 Å². The largest absolute Gasteiger partial charge is 0.491 e. The minimum Gasteiger partial charge on any atom is -0.491 e. The first kappa shape index (κ1) is 27.4. The van der Waals surface area contributed by atoms with Crippen molar-refractivity contribution >= 4 is 23.5 Å². The molecular weight excluding hydrogens is 440 g/mol. The molecular formula is C24H38N4O6. The number of ether oxygens (including phenoxy) is 3. The number of likely N-dealkylation sites (N-methyl/N-ethyl adjacent to an activating group) is 1. The molecule has 2 N–H and O–H groups in total. The number of methoxy groups -OCH3 is 2. The molecule has 3 atom stereocenters. The smallest absolute Gasteiger partial charge is 0.319 e. The predicted octanol–water partition coefficient (Wildman–Crippen LogP) is 2.20. The van der Waals surface area contributed by atoms with Gasteiger partial charge in [-0.2, -0.15) is 0 Å². The number of rotatable bonds is 5. The summed E-state index contributed by atoms with van der Waals surface area (Å²) in [5.74, 6) is -0.0769.